The molecule has 0 spiro atoms. The summed E-state index contributed by atoms with van der Waals surface area (Å²) < 4.78 is 4.29. The summed E-state index contributed by atoms with van der Waals surface area (Å²) in [4.78, 5) is 19.7. The van der Waals surface area contributed by atoms with Gasteiger partial charge in [-0.2, -0.15) is 0 Å². The van der Waals surface area contributed by atoms with Gasteiger partial charge in [-0.3, -0.25) is 9.59 Å². The van der Waals surface area contributed by atoms with Gasteiger partial charge in [-0.1, -0.05) is 0 Å². The predicted octanol–water partition coefficient (Wildman–Crippen LogP) is -1.50. The molecular weight excluding hydrogens is 121 g/mol. The first-order valence-electron chi connectivity index (χ1n) is 2.57. The Kier molecular flexibility index (Phi) is 4.58. The van der Waals surface area contributed by atoms with Crippen LogP contribution in [0.4, 0.5) is 4.79 Å². The van der Waals surface area contributed by atoms with Crippen LogP contribution in [0.1, 0.15) is 0 Å². The fourth-order valence-corrected chi connectivity index (χ4v) is 0.334. The Balaban J connectivity index is 2.91. The summed E-state index contributed by atoms with van der Waals surface area (Å²) in [6, 6.07) is 0. The highest BCUT2D eigenvalue weighted by atomic mass is 16.5. The van der Waals surface area contributed by atoms with Crippen LogP contribution in [-0.4, -0.2) is 33.3 Å². The molecule has 50 valence electrons. The fraction of sp³-hybridized carbons (Fsp3) is 0.500. The van der Waals surface area contributed by atoms with Crippen molar-refractivity contribution >= 4 is 20.1 Å². The minimum Gasteiger partial charge on any atom is -0.466 e. The van der Waals surface area contributed by atoms with E-state index in [0.29, 0.717) is 13.0 Å². The third-order valence-electron chi connectivity index (χ3n) is 0.662. The summed E-state index contributed by atoms with van der Waals surface area (Å²) in [6.07, 6.45) is 0. The number of ether oxygens (including phenoxy) is 1. The molecule has 0 aromatic carbocycles. The molecule has 0 aliphatic rings. The maximum atomic E-state index is 10.2. The van der Waals surface area contributed by atoms with E-state index in [-0.39, 0.29) is 12.4 Å². The van der Waals surface area contributed by atoms with Gasteiger partial charge < -0.3 is 10.1 Å². The van der Waals surface area contributed by atoms with Crippen molar-refractivity contribution in [2.75, 3.05) is 13.2 Å². The highest BCUT2D eigenvalue weighted by Crippen LogP contribution is 1.64. The molecular formula is C4H8BNO3. The SMILES string of the molecule is BC(=O)NCCOC=O. The Morgan fingerprint density at radius 2 is 2.44 bits per heavy atom. The van der Waals surface area contributed by atoms with E-state index in [1.807, 2.05) is 0 Å². The van der Waals surface area contributed by atoms with Crippen LogP contribution in [0.3, 0.4) is 0 Å². The lowest BCUT2D eigenvalue weighted by Gasteiger charge is -1.98. The van der Waals surface area contributed by atoms with Crippen molar-refractivity contribution in [1.29, 1.82) is 0 Å². The molecule has 0 rings (SSSR count). The van der Waals surface area contributed by atoms with Crippen molar-refractivity contribution in [1.82, 2.24) is 5.32 Å². The van der Waals surface area contributed by atoms with Crippen molar-refractivity contribution in [2.24, 2.45) is 0 Å². The Morgan fingerprint density at radius 1 is 1.78 bits per heavy atom. The van der Waals surface area contributed by atoms with Gasteiger partial charge in [0.2, 0.25) is 7.85 Å². The molecule has 0 aliphatic heterocycles. The van der Waals surface area contributed by atoms with Gasteiger partial charge in [0.25, 0.3) is 6.47 Å². The van der Waals surface area contributed by atoms with E-state index in [0.717, 1.165) is 0 Å². The molecule has 0 heterocycles. The Bertz CT molecular complexity index is 106. The molecule has 0 aliphatic carbocycles. The minimum absolute atomic E-state index is 0.121. The van der Waals surface area contributed by atoms with E-state index >= 15 is 0 Å². The Hall–Kier alpha value is -0.995. The first-order valence-corrected chi connectivity index (χ1v) is 2.57. The van der Waals surface area contributed by atoms with Crippen molar-refractivity contribution in [3.63, 3.8) is 0 Å². The Labute approximate surface area is 54.0 Å². The Morgan fingerprint density at radius 3 is 2.89 bits per heavy atom. The lowest BCUT2D eigenvalue weighted by molar-refractivity contribution is -0.128. The van der Waals surface area contributed by atoms with Crippen LogP contribution in [0, 0.1) is 0 Å². The van der Waals surface area contributed by atoms with Crippen LogP contribution in [0.2, 0.25) is 0 Å². The molecule has 0 saturated heterocycles. The lowest BCUT2D eigenvalue weighted by Crippen LogP contribution is -2.25. The second-order valence-electron chi connectivity index (χ2n) is 1.45. The van der Waals surface area contributed by atoms with Gasteiger partial charge in [0.15, 0.2) is 5.81 Å². The summed E-state index contributed by atoms with van der Waals surface area (Å²) in [6.45, 7) is 0.971. The number of hydrogen-bond donors (Lipinski definition) is 1. The van der Waals surface area contributed by atoms with Gasteiger partial charge in [-0.05, 0) is 0 Å². The smallest absolute Gasteiger partial charge is 0.293 e. The van der Waals surface area contributed by atoms with E-state index < -0.39 is 0 Å². The van der Waals surface area contributed by atoms with Crippen LogP contribution in [0.5, 0.6) is 0 Å². The maximum Gasteiger partial charge on any atom is 0.293 e. The summed E-state index contributed by atoms with van der Waals surface area (Å²) in [5.74, 6) is -0.121. The van der Waals surface area contributed by atoms with Crippen molar-refractivity contribution < 1.29 is 14.3 Å². The number of carbonyl (C=O) groups excluding carboxylic acids is 2. The zero-order chi connectivity index (χ0) is 7.11. The third-order valence-corrected chi connectivity index (χ3v) is 0.662. The molecule has 0 aromatic heterocycles. The molecule has 0 aromatic rings. The van der Waals surface area contributed by atoms with Gasteiger partial charge in [0, 0.05) is 0 Å². The van der Waals surface area contributed by atoms with E-state index in [2.05, 4.69) is 10.1 Å². The highest BCUT2D eigenvalue weighted by molar-refractivity contribution is 6.57. The molecule has 0 bridgehead atoms. The summed E-state index contributed by atoms with van der Waals surface area (Å²) in [7, 11) is 1.40. The normalized spacial score (nSPS) is 8.00. The van der Waals surface area contributed by atoms with Gasteiger partial charge >= 0.3 is 0 Å². The molecule has 4 nitrogen and oxygen atoms in total. The van der Waals surface area contributed by atoms with Crippen molar-refractivity contribution in [3.05, 3.63) is 0 Å². The number of nitrogens with one attached hydrogen (secondary N) is 1. The van der Waals surface area contributed by atoms with Crippen LogP contribution >= 0.6 is 0 Å². The molecule has 1 amide bonds. The molecule has 0 unspecified atom stereocenters. The van der Waals surface area contributed by atoms with E-state index in [4.69, 9.17) is 0 Å². The zero-order valence-corrected chi connectivity index (χ0v) is 5.22. The van der Waals surface area contributed by atoms with Crippen LogP contribution in [0.25, 0.3) is 0 Å². The topological polar surface area (TPSA) is 55.4 Å². The lowest BCUT2D eigenvalue weighted by atomic mass is 10.1. The van der Waals surface area contributed by atoms with Gasteiger partial charge in [0.1, 0.15) is 6.61 Å². The second-order valence-corrected chi connectivity index (χ2v) is 1.45. The average molecular weight is 129 g/mol. The quantitative estimate of drug-likeness (QED) is 0.285. The van der Waals surface area contributed by atoms with E-state index in [1.54, 1.807) is 0 Å². The first kappa shape index (κ1) is 8.00. The van der Waals surface area contributed by atoms with Gasteiger partial charge in [-0.25, -0.2) is 0 Å². The van der Waals surface area contributed by atoms with Crippen molar-refractivity contribution in [2.45, 2.75) is 0 Å². The van der Waals surface area contributed by atoms with Crippen LogP contribution in [-0.2, 0) is 9.53 Å². The van der Waals surface area contributed by atoms with Gasteiger partial charge in [0.05, 0.1) is 6.54 Å². The largest absolute Gasteiger partial charge is 0.466 e. The number of hydrogen-bond acceptors (Lipinski definition) is 3. The molecule has 1 N–H and O–H groups in total. The van der Waals surface area contributed by atoms with Gasteiger partial charge in [-0.15, -0.1) is 0 Å². The zero-order valence-electron chi connectivity index (χ0n) is 5.22. The van der Waals surface area contributed by atoms with Crippen LogP contribution in [0.15, 0.2) is 0 Å². The number of amides is 1. The predicted molar refractivity (Wildman–Crippen MR) is 34.0 cm³/mol. The molecule has 5 heteroatoms. The highest BCUT2D eigenvalue weighted by Gasteiger charge is 1.87. The van der Waals surface area contributed by atoms with Crippen LogP contribution < -0.4 is 5.32 Å². The monoisotopic (exact) mass is 129 g/mol. The molecule has 0 radical (unpaired) electrons. The third kappa shape index (κ3) is 7.00. The summed E-state index contributed by atoms with van der Waals surface area (Å²) >= 11 is 0. The maximum absolute atomic E-state index is 10.2. The summed E-state index contributed by atoms with van der Waals surface area (Å²) in [5.41, 5.74) is 0. The number of carbonyl (C=O) groups is 2. The van der Waals surface area contributed by atoms with E-state index in [1.165, 1.54) is 7.85 Å². The number of rotatable bonds is 4. The fourth-order valence-electron chi connectivity index (χ4n) is 0.334. The second kappa shape index (κ2) is 5.15. The molecule has 0 atom stereocenters. The molecule has 0 fully saturated rings. The van der Waals surface area contributed by atoms with E-state index in [9.17, 15) is 9.59 Å². The van der Waals surface area contributed by atoms with Crippen molar-refractivity contribution in [3.8, 4) is 0 Å². The summed E-state index contributed by atoms with van der Waals surface area (Å²) in [5, 5.41) is 2.46. The molecule has 9 heavy (non-hydrogen) atoms. The molecule has 0 saturated carbocycles. The average Bonchev–Trinajstić information content (AvgIpc) is 1.80. The first-order chi connectivity index (χ1) is 4.27. The minimum atomic E-state index is -0.121. The standard InChI is InChI=1S/C4H8BNO3/c5-4(8)6-1-2-9-3-7/h3H,1-2,5H2,(H,6,8).